The third-order valence-electron chi connectivity index (χ3n) is 3.22. The standard InChI is InChI=1S/C14H23FN2/c1-4-11(3)9-17(5-2)10-12-6-7-13(15)8-14(12)16/h6-8,11H,4-5,9-10,16H2,1-3H3. The molecule has 17 heavy (non-hydrogen) atoms. The highest BCUT2D eigenvalue weighted by Crippen LogP contribution is 2.16. The predicted octanol–water partition coefficient (Wildman–Crippen LogP) is 3.28. The molecule has 0 bridgehead atoms. The van der Waals surface area contributed by atoms with Crippen LogP contribution in [0.3, 0.4) is 0 Å². The van der Waals surface area contributed by atoms with Crippen LogP contribution in [0, 0.1) is 11.7 Å². The smallest absolute Gasteiger partial charge is 0.125 e. The number of rotatable bonds is 6. The molecule has 1 aromatic carbocycles. The van der Waals surface area contributed by atoms with E-state index < -0.39 is 0 Å². The Morgan fingerprint density at radius 3 is 2.59 bits per heavy atom. The van der Waals surface area contributed by atoms with E-state index in [4.69, 9.17) is 5.73 Å². The van der Waals surface area contributed by atoms with Crippen LogP contribution in [0.25, 0.3) is 0 Å². The number of halogens is 1. The maximum Gasteiger partial charge on any atom is 0.125 e. The molecule has 0 fully saturated rings. The van der Waals surface area contributed by atoms with Crippen LogP contribution in [-0.4, -0.2) is 18.0 Å². The Morgan fingerprint density at radius 2 is 2.06 bits per heavy atom. The summed E-state index contributed by atoms with van der Waals surface area (Å²) in [6.45, 7) is 9.43. The molecular weight excluding hydrogens is 215 g/mol. The minimum Gasteiger partial charge on any atom is -0.398 e. The third-order valence-corrected chi connectivity index (χ3v) is 3.22. The number of benzene rings is 1. The molecule has 0 spiro atoms. The third kappa shape index (κ3) is 4.35. The minimum atomic E-state index is -0.267. The summed E-state index contributed by atoms with van der Waals surface area (Å²) in [7, 11) is 0. The SMILES string of the molecule is CCC(C)CN(CC)Cc1ccc(F)cc1N. The molecule has 0 amide bonds. The quantitative estimate of drug-likeness (QED) is 0.771. The van der Waals surface area contributed by atoms with E-state index >= 15 is 0 Å². The van der Waals surface area contributed by atoms with Gasteiger partial charge in [-0.15, -0.1) is 0 Å². The van der Waals surface area contributed by atoms with Gasteiger partial charge in [-0.2, -0.15) is 0 Å². The average molecular weight is 238 g/mol. The Morgan fingerprint density at radius 1 is 1.35 bits per heavy atom. The van der Waals surface area contributed by atoms with Crippen LogP contribution < -0.4 is 5.73 Å². The highest BCUT2D eigenvalue weighted by atomic mass is 19.1. The molecule has 0 aliphatic rings. The fraction of sp³-hybridized carbons (Fsp3) is 0.571. The maximum absolute atomic E-state index is 12.9. The van der Waals surface area contributed by atoms with Gasteiger partial charge in [-0.3, -0.25) is 4.90 Å². The van der Waals surface area contributed by atoms with Gasteiger partial charge in [-0.1, -0.05) is 33.3 Å². The van der Waals surface area contributed by atoms with Crippen molar-refractivity contribution in [3.8, 4) is 0 Å². The van der Waals surface area contributed by atoms with Crippen molar-refractivity contribution in [2.24, 2.45) is 5.92 Å². The second-order valence-electron chi connectivity index (χ2n) is 4.68. The fourth-order valence-electron chi connectivity index (χ4n) is 1.83. The monoisotopic (exact) mass is 238 g/mol. The van der Waals surface area contributed by atoms with Gasteiger partial charge in [-0.05, 0) is 30.2 Å². The summed E-state index contributed by atoms with van der Waals surface area (Å²) in [6.07, 6.45) is 1.18. The molecule has 1 unspecified atom stereocenters. The molecular formula is C14H23FN2. The predicted molar refractivity (Wildman–Crippen MR) is 71.2 cm³/mol. The van der Waals surface area contributed by atoms with Crippen LogP contribution in [0.4, 0.5) is 10.1 Å². The lowest BCUT2D eigenvalue weighted by Crippen LogP contribution is -2.28. The van der Waals surface area contributed by atoms with Gasteiger partial charge in [0.05, 0.1) is 0 Å². The zero-order chi connectivity index (χ0) is 12.8. The Labute approximate surface area is 104 Å². The van der Waals surface area contributed by atoms with Gasteiger partial charge in [0.25, 0.3) is 0 Å². The molecule has 2 N–H and O–H groups in total. The number of hydrogen-bond donors (Lipinski definition) is 1. The van der Waals surface area contributed by atoms with E-state index in [-0.39, 0.29) is 5.82 Å². The van der Waals surface area contributed by atoms with Gasteiger partial charge < -0.3 is 5.73 Å². The molecule has 0 aromatic heterocycles. The zero-order valence-corrected chi connectivity index (χ0v) is 11.0. The fourth-order valence-corrected chi connectivity index (χ4v) is 1.83. The van der Waals surface area contributed by atoms with Crippen molar-refractivity contribution in [1.82, 2.24) is 4.90 Å². The first-order chi connectivity index (χ1) is 8.06. The summed E-state index contributed by atoms with van der Waals surface area (Å²) in [5.74, 6) is 0.410. The van der Waals surface area contributed by atoms with Crippen LogP contribution in [-0.2, 0) is 6.54 Å². The van der Waals surface area contributed by atoms with E-state index in [0.717, 1.165) is 25.2 Å². The van der Waals surface area contributed by atoms with Gasteiger partial charge in [0, 0.05) is 18.8 Å². The summed E-state index contributed by atoms with van der Waals surface area (Å²) in [5, 5.41) is 0. The number of nitrogens with zero attached hydrogens (tertiary/aromatic N) is 1. The maximum atomic E-state index is 12.9. The molecule has 0 radical (unpaired) electrons. The normalized spacial score (nSPS) is 13.0. The van der Waals surface area contributed by atoms with Gasteiger partial charge in [0.15, 0.2) is 0 Å². The van der Waals surface area contributed by atoms with Crippen molar-refractivity contribution in [3.63, 3.8) is 0 Å². The van der Waals surface area contributed by atoms with Crippen molar-refractivity contribution in [2.75, 3.05) is 18.8 Å². The van der Waals surface area contributed by atoms with Crippen LogP contribution in [0.2, 0.25) is 0 Å². The molecule has 0 saturated heterocycles. The van der Waals surface area contributed by atoms with Crippen molar-refractivity contribution >= 4 is 5.69 Å². The first kappa shape index (κ1) is 14.0. The van der Waals surface area contributed by atoms with Crippen LogP contribution in [0.1, 0.15) is 32.8 Å². The first-order valence-electron chi connectivity index (χ1n) is 6.33. The first-order valence-corrected chi connectivity index (χ1v) is 6.33. The van der Waals surface area contributed by atoms with E-state index in [2.05, 4.69) is 25.7 Å². The largest absolute Gasteiger partial charge is 0.398 e. The van der Waals surface area contributed by atoms with Crippen LogP contribution >= 0.6 is 0 Å². The molecule has 1 rings (SSSR count). The Balaban J connectivity index is 2.67. The molecule has 2 nitrogen and oxygen atoms in total. The van der Waals surface area contributed by atoms with E-state index in [1.165, 1.54) is 18.6 Å². The highest BCUT2D eigenvalue weighted by Gasteiger charge is 2.10. The second-order valence-corrected chi connectivity index (χ2v) is 4.68. The second kappa shape index (κ2) is 6.60. The van der Waals surface area contributed by atoms with E-state index in [9.17, 15) is 4.39 Å². The number of nitrogen functional groups attached to an aromatic ring is 1. The summed E-state index contributed by atoms with van der Waals surface area (Å²) in [5.41, 5.74) is 7.38. The van der Waals surface area contributed by atoms with Crippen molar-refractivity contribution in [2.45, 2.75) is 33.7 Å². The Hall–Kier alpha value is -1.09. The van der Waals surface area contributed by atoms with Crippen LogP contribution in [0.15, 0.2) is 18.2 Å². The van der Waals surface area contributed by atoms with Gasteiger partial charge in [0.1, 0.15) is 5.82 Å². The van der Waals surface area contributed by atoms with Crippen molar-refractivity contribution < 1.29 is 4.39 Å². The number of anilines is 1. The zero-order valence-electron chi connectivity index (χ0n) is 11.0. The molecule has 0 heterocycles. The summed E-state index contributed by atoms with van der Waals surface area (Å²) < 4.78 is 12.9. The summed E-state index contributed by atoms with van der Waals surface area (Å²) in [6, 6.07) is 4.65. The molecule has 96 valence electrons. The van der Waals surface area contributed by atoms with E-state index in [1.807, 2.05) is 0 Å². The van der Waals surface area contributed by atoms with Crippen LogP contribution in [0.5, 0.6) is 0 Å². The average Bonchev–Trinajstić information content (AvgIpc) is 2.31. The van der Waals surface area contributed by atoms with Crippen molar-refractivity contribution in [3.05, 3.63) is 29.6 Å². The number of hydrogen-bond acceptors (Lipinski definition) is 2. The van der Waals surface area contributed by atoms with Gasteiger partial charge in [-0.25, -0.2) is 4.39 Å². The number of nitrogens with two attached hydrogens (primary N) is 1. The van der Waals surface area contributed by atoms with E-state index in [1.54, 1.807) is 6.07 Å². The molecule has 0 aliphatic heterocycles. The molecule has 0 saturated carbocycles. The molecule has 1 atom stereocenters. The Kier molecular flexibility index (Phi) is 5.42. The van der Waals surface area contributed by atoms with Crippen molar-refractivity contribution in [1.29, 1.82) is 0 Å². The summed E-state index contributed by atoms with van der Waals surface area (Å²) >= 11 is 0. The van der Waals surface area contributed by atoms with E-state index in [0.29, 0.717) is 11.6 Å². The minimum absolute atomic E-state index is 0.267. The Bertz CT molecular complexity index is 352. The molecule has 3 heteroatoms. The lowest BCUT2D eigenvalue weighted by Gasteiger charge is -2.24. The topological polar surface area (TPSA) is 29.3 Å². The molecule has 1 aromatic rings. The summed E-state index contributed by atoms with van der Waals surface area (Å²) in [4.78, 5) is 2.35. The lowest BCUT2D eigenvalue weighted by atomic mass is 10.1. The highest BCUT2D eigenvalue weighted by molar-refractivity contribution is 5.46. The van der Waals surface area contributed by atoms with Gasteiger partial charge in [0.2, 0.25) is 0 Å². The van der Waals surface area contributed by atoms with Gasteiger partial charge >= 0.3 is 0 Å². The lowest BCUT2D eigenvalue weighted by molar-refractivity contribution is 0.238. The molecule has 0 aliphatic carbocycles.